The molecular formula is C20H21BrN2O2S. The number of rotatable bonds is 2. The SMILES string of the molecule is Cc1cc(Br)cc(C)c1C1Nc2ccc(S(N)(=O)=O)cc2C2C=CCC21. The van der Waals surface area contributed by atoms with Crippen LogP contribution in [0.5, 0.6) is 0 Å². The van der Waals surface area contributed by atoms with Gasteiger partial charge in [-0.05, 0) is 78.8 Å². The molecule has 1 aliphatic heterocycles. The Hall–Kier alpha value is -1.63. The second kappa shape index (κ2) is 6.22. The normalized spacial score (nSPS) is 24.1. The Kier molecular flexibility index (Phi) is 4.25. The molecule has 2 aliphatic rings. The number of primary sulfonamides is 1. The molecule has 3 unspecified atom stereocenters. The maximum Gasteiger partial charge on any atom is 0.238 e. The molecule has 0 spiro atoms. The fourth-order valence-electron chi connectivity index (χ4n) is 4.45. The Labute approximate surface area is 162 Å². The van der Waals surface area contributed by atoms with Gasteiger partial charge in [-0.25, -0.2) is 13.6 Å². The van der Waals surface area contributed by atoms with Gasteiger partial charge in [0.25, 0.3) is 0 Å². The summed E-state index contributed by atoms with van der Waals surface area (Å²) >= 11 is 3.58. The van der Waals surface area contributed by atoms with Gasteiger partial charge in [0.05, 0.1) is 10.9 Å². The van der Waals surface area contributed by atoms with Crippen molar-refractivity contribution in [2.24, 2.45) is 11.1 Å². The van der Waals surface area contributed by atoms with Crippen LogP contribution < -0.4 is 10.5 Å². The van der Waals surface area contributed by atoms with Gasteiger partial charge in [0.2, 0.25) is 10.0 Å². The maximum atomic E-state index is 11.8. The van der Waals surface area contributed by atoms with E-state index in [4.69, 9.17) is 5.14 Å². The molecular weight excluding hydrogens is 412 g/mol. The van der Waals surface area contributed by atoms with E-state index in [9.17, 15) is 8.42 Å². The van der Waals surface area contributed by atoms with E-state index in [-0.39, 0.29) is 16.9 Å². The van der Waals surface area contributed by atoms with Crippen LogP contribution in [0.3, 0.4) is 0 Å². The zero-order valence-corrected chi connectivity index (χ0v) is 17.1. The van der Waals surface area contributed by atoms with Crippen LogP contribution in [0.1, 0.15) is 40.6 Å². The number of hydrogen-bond donors (Lipinski definition) is 2. The molecule has 0 saturated carbocycles. The number of hydrogen-bond acceptors (Lipinski definition) is 3. The zero-order chi connectivity index (χ0) is 18.6. The van der Waals surface area contributed by atoms with Gasteiger partial charge in [-0.1, -0.05) is 28.1 Å². The molecule has 0 aromatic heterocycles. The molecule has 1 heterocycles. The lowest BCUT2D eigenvalue weighted by Gasteiger charge is -2.39. The Morgan fingerprint density at radius 3 is 2.50 bits per heavy atom. The number of sulfonamides is 1. The molecule has 0 fully saturated rings. The summed E-state index contributed by atoms with van der Waals surface area (Å²) in [6.45, 7) is 4.29. The molecule has 2 aromatic rings. The number of aryl methyl sites for hydroxylation is 2. The molecule has 2 aromatic carbocycles. The van der Waals surface area contributed by atoms with E-state index in [2.05, 4.69) is 59.4 Å². The van der Waals surface area contributed by atoms with E-state index < -0.39 is 10.0 Å². The van der Waals surface area contributed by atoms with E-state index in [1.807, 2.05) is 6.07 Å². The van der Waals surface area contributed by atoms with Crippen molar-refractivity contribution < 1.29 is 8.42 Å². The summed E-state index contributed by atoms with van der Waals surface area (Å²) in [6, 6.07) is 9.65. The van der Waals surface area contributed by atoms with Crippen LogP contribution in [0, 0.1) is 19.8 Å². The Balaban J connectivity index is 1.84. The van der Waals surface area contributed by atoms with Crippen LogP contribution in [0.2, 0.25) is 0 Å². The predicted octanol–water partition coefficient (Wildman–Crippen LogP) is 4.54. The molecule has 26 heavy (non-hydrogen) atoms. The third-order valence-corrected chi connectivity index (χ3v) is 6.90. The van der Waals surface area contributed by atoms with Gasteiger partial charge in [0, 0.05) is 16.1 Å². The maximum absolute atomic E-state index is 11.8. The van der Waals surface area contributed by atoms with Gasteiger partial charge in [-0.3, -0.25) is 0 Å². The van der Waals surface area contributed by atoms with E-state index in [0.29, 0.717) is 5.92 Å². The Morgan fingerprint density at radius 1 is 1.15 bits per heavy atom. The summed E-state index contributed by atoms with van der Waals surface area (Å²) < 4.78 is 24.6. The summed E-state index contributed by atoms with van der Waals surface area (Å²) in [7, 11) is -3.71. The summed E-state index contributed by atoms with van der Waals surface area (Å²) in [5.41, 5.74) is 5.83. The first kappa shape index (κ1) is 17.8. The standard InChI is InChI=1S/C20H21BrN2O2S/c1-11-8-13(21)9-12(2)19(11)20-16-5-3-4-15(16)17-10-14(26(22,24)25)6-7-18(17)23-20/h3-4,6-10,15-16,20,23H,5H2,1-2H3,(H2,22,24,25). The van der Waals surface area contributed by atoms with Crippen molar-refractivity contribution >= 4 is 31.6 Å². The van der Waals surface area contributed by atoms with Crippen molar-refractivity contribution in [2.75, 3.05) is 5.32 Å². The summed E-state index contributed by atoms with van der Waals surface area (Å²) in [5.74, 6) is 0.553. The number of fused-ring (bicyclic) bond motifs is 3. The van der Waals surface area contributed by atoms with Crippen LogP contribution >= 0.6 is 15.9 Å². The summed E-state index contributed by atoms with van der Waals surface area (Å²) in [6.07, 6.45) is 5.37. The summed E-state index contributed by atoms with van der Waals surface area (Å²) in [4.78, 5) is 0.173. The first-order chi connectivity index (χ1) is 12.3. The van der Waals surface area contributed by atoms with Crippen LogP contribution in [-0.4, -0.2) is 8.42 Å². The minimum Gasteiger partial charge on any atom is -0.378 e. The number of anilines is 1. The molecule has 3 N–H and O–H groups in total. The Bertz CT molecular complexity index is 1010. The third-order valence-electron chi connectivity index (χ3n) is 5.53. The lowest BCUT2D eigenvalue weighted by atomic mass is 9.75. The predicted molar refractivity (Wildman–Crippen MR) is 108 cm³/mol. The summed E-state index contributed by atoms with van der Waals surface area (Å²) in [5, 5.41) is 9.00. The molecule has 4 rings (SSSR count). The minimum atomic E-state index is -3.71. The molecule has 0 radical (unpaired) electrons. The second-order valence-corrected chi connectivity index (χ2v) is 9.70. The van der Waals surface area contributed by atoms with Gasteiger partial charge in [0.15, 0.2) is 0 Å². The first-order valence-corrected chi connectivity index (χ1v) is 11.0. The molecule has 3 atom stereocenters. The topological polar surface area (TPSA) is 72.2 Å². The smallest absolute Gasteiger partial charge is 0.238 e. The van der Waals surface area contributed by atoms with Gasteiger partial charge < -0.3 is 5.32 Å². The van der Waals surface area contributed by atoms with Crippen molar-refractivity contribution in [1.29, 1.82) is 0 Å². The lowest BCUT2D eigenvalue weighted by molar-refractivity contribution is 0.422. The third kappa shape index (κ3) is 2.90. The van der Waals surface area contributed by atoms with Crippen molar-refractivity contribution in [3.8, 4) is 0 Å². The zero-order valence-electron chi connectivity index (χ0n) is 14.7. The monoisotopic (exact) mass is 432 g/mol. The molecule has 0 bridgehead atoms. The molecule has 0 saturated heterocycles. The quantitative estimate of drug-likeness (QED) is 0.684. The number of allylic oxidation sites excluding steroid dienone is 2. The average molecular weight is 433 g/mol. The lowest BCUT2D eigenvalue weighted by Crippen LogP contribution is -2.30. The van der Waals surface area contributed by atoms with Crippen LogP contribution in [-0.2, 0) is 10.0 Å². The van der Waals surface area contributed by atoms with E-state index in [1.54, 1.807) is 12.1 Å². The molecule has 6 heteroatoms. The van der Waals surface area contributed by atoms with Gasteiger partial charge in [-0.2, -0.15) is 0 Å². The van der Waals surface area contributed by atoms with Gasteiger partial charge in [-0.15, -0.1) is 0 Å². The fourth-order valence-corrected chi connectivity index (χ4v) is 5.68. The highest BCUT2D eigenvalue weighted by Crippen LogP contribution is 2.51. The molecule has 1 aliphatic carbocycles. The number of halogens is 1. The van der Waals surface area contributed by atoms with Crippen molar-refractivity contribution in [2.45, 2.75) is 37.1 Å². The van der Waals surface area contributed by atoms with Crippen LogP contribution in [0.25, 0.3) is 0 Å². The highest BCUT2D eigenvalue weighted by Gasteiger charge is 2.39. The molecule has 136 valence electrons. The fraction of sp³-hybridized carbons (Fsp3) is 0.300. The van der Waals surface area contributed by atoms with E-state index in [0.717, 1.165) is 22.1 Å². The largest absolute Gasteiger partial charge is 0.378 e. The van der Waals surface area contributed by atoms with Crippen molar-refractivity contribution in [3.05, 3.63) is 69.2 Å². The van der Waals surface area contributed by atoms with Gasteiger partial charge >= 0.3 is 0 Å². The van der Waals surface area contributed by atoms with Crippen molar-refractivity contribution in [3.63, 3.8) is 0 Å². The highest BCUT2D eigenvalue weighted by molar-refractivity contribution is 9.10. The molecule has 0 amide bonds. The number of nitrogens with two attached hydrogens (primary N) is 1. The Morgan fingerprint density at radius 2 is 1.85 bits per heavy atom. The average Bonchev–Trinajstić information content (AvgIpc) is 3.02. The van der Waals surface area contributed by atoms with Crippen molar-refractivity contribution in [1.82, 2.24) is 0 Å². The first-order valence-electron chi connectivity index (χ1n) is 8.62. The number of benzene rings is 2. The van der Waals surface area contributed by atoms with E-state index in [1.165, 1.54) is 16.7 Å². The number of nitrogens with one attached hydrogen (secondary N) is 1. The molecule has 4 nitrogen and oxygen atoms in total. The second-order valence-electron chi connectivity index (χ2n) is 7.22. The minimum absolute atomic E-state index is 0.173. The van der Waals surface area contributed by atoms with Crippen LogP contribution in [0.15, 0.2) is 51.9 Å². The van der Waals surface area contributed by atoms with Gasteiger partial charge in [0.1, 0.15) is 0 Å². The van der Waals surface area contributed by atoms with E-state index >= 15 is 0 Å². The highest BCUT2D eigenvalue weighted by atomic mass is 79.9. The van der Waals surface area contributed by atoms with Crippen LogP contribution in [0.4, 0.5) is 5.69 Å².